The van der Waals surface area contributed by atoms with Crippen LogP contribution < -0.4 is 0 Å². The molecule has 3 nitrogen and oxygen atoms in total. The minimum Gasteiger partial charge on any atom is -0.395 e. The Balaban J connectivity index is 2.30. The quantitative estimate of drug-likeness (QED) is 0.639. The molecule has 2 atom stereocenters. The molecule has 0 amide bonds. The van der Waals surface area contributed by atoms with Crippen molar-refractivity contribution in [2.24, 2.45) is 0 Å². The smallest absolute Gasteiger partial charge is 0.0664 e. The number of β-amino-alcohol motifs (C(OH)–C–C–N with tert-alkyl or cyclic N) is 1. The second-order valence-corrected chi connectivity index (χ2v) is 3.54. The van der Waals surface area contributed by atoms with Gasteiger partial charge in [0.1, 0.15) is 0 Å². The topological polar surface area (TPSA) is 43.7 Å². The van der Waals surface area contributed by atoms with Crippen LogP contribution in [0, 0.1) is 0 Å². The normalized spacial score (nSPS) is 27.8. The second-order valence-electron chi connectivity index (χ2n) is 3.54. The number of rotatable bonds is 4. The van der Waals surface area contributed by atoms with Crippen molar-refractivity contribution >= 4 is 0 Å². The lowest BCUT2D eigenvalue weighted by Crippen LogP contribution is -2.37. The summed E-state index contributed by atoms with van der Waals surface area (Å²) in [6.07, 6.45) is 2.81. The molecular weight excluding hydrogens is 154 g/mol. The largest absolute Gasteiger partial charge is 0.395 e. The Labute approximate surface area is 74.0 Å². The molecule has 0 saturated carbocycles. The highest BCUT2D eigenvalue weighted by Crippen LogP contribution is 2.16. The number of hydrogen-bond acceptors (Lipinski definition) is 3. The molecule has 1 heterocycles. The van der Waals surface area contributed by atoms with Crippen molar-refractivity contribution in [1.29, 1.82) is 0 Å². The van der Waals surface area contributed by atoms with Crippen molar-refractivity contribution in [2.45, 2.75) is 38.3 Å². The van der Waals surface area contributed by atoms with E-state index >= 15 is 0 Å². The maximum atomic E-state index is 9.41. The maximum Gasteiger partial charge on any atom is 0.0664 e. The summed E-state index contributed by atoms with van der Waals surface area (Å²) in [7, 11) is 0. The first-order valence-electron chi connectivity index (χ1n) is 4.81. The van der Waals surface area contributed by atoms with Gasteiger partial charge in [-0.3, -0.25) is 4.90 Å². The third-order valence-electron chi connectivity index (χ3n) is 2.63. The van der Waals surface area contributed by atoms with Crippen LogP contribution in [0.1, 0.15) is 26.2 Å². The molecule has 0 radical (unpaired) electrons. The highest BCUT2D eigenvalue weighted by Gasteiger charge is 2.24. The summed E-state index contributed by atoms with van der Waals surface area (Å²) < 4.78 is 0. The Morgan fingerprint density at radius 2 is 2.33 bits per heavy atom. The number of nitrogens with zero attached hydrogens (tertiary/aromatic N) is 1. The Morgan fingerprint density at radius 3 is 2.92 bits per heavy atom. The van der Waals surface area contributed by atoms with E-state index in [0.717, 1.165) is 32.4 Å². The van der Waals surface area contributed by atoms with Crippen LogP contribution in [0.15, 0.2) is 0 Å². The highest BCUT2D eigenvalue weighted by atomic mass is 16.3. The van der Waals surface area contributed by atoms with Crippen molar-refractivity contribution in [3.05, 3.63) is 0 Å². The van der Waals surface area contributed by atoms with Crippen LogP contribution in [0.25, 0.3) is 0 Å². The van der Waals surface area contributed by atoms with E-state index < -0.39 is 0 Å². The summed E-state index contributed by atoms with van der Waals surface area (Å²) >= 11 is 0. The fraction of sp³-hybridized carbons (Fsp3) is 1.00. The Morgan fingerprint density at radius 1 is 1.58 bits per heavy atom. The zero-order valence-corrected chi connectivity index (χ0v) is 7.74. The molecule has 0 bridgehead atoms. The minimum absolute atomic E-state index is 0.225. The Kier molecular flexibility index (Phi) is 3.98. The van der Waals surface area contributed by atoms with Crippen molar-refractivity contribution in [1.82, 2.24) is 4.90 Å². The Hall–Kier alpha value is -0.120. The van der Waals surface area contributed by atoms with Gasteiger partial charge in [0.2, 0.25) is 0 Å². The third-order valence-corrected chi connectivity index (χ3v) is 2.63. The molecule has 1 rings (SSSR count). The second kappa shape index (κ2) is 4.80. The molecule has 12 heavy (non-hydrogen) atoms. The first-order chi connectivity index (χ1) is 5.77. The molecule has 0 spiro atoms. The predicted molar refractivity (Wildman–Crippen MR) is 48.0 cm³/mol. The first-order valence-corrected chi connectivity index (χ1v) is 4.81. The SMILES string of the molecule is CCC(O)CN1CCC[C@H]1CO. The summed E-state index contributed by atoms with van der Waals surface area (Å²) in [5, 5.41) is 18.4. The summed E-state index contributed by atoms with van der Waals surface area (Å²) in [5.41, 5.74) is 0. The van der Waals surface area contributed by atoms with Crippen molar-refractivity contribution in [3.63, 3.8) is 0 Å². The van der Waals surface area contributed by atoms with Gasteiger partial charge in [-0.05, 0) is 25.8 Å². The van der Waals surface area contributed by atoms with Gasteiger partial charge in [0.15, 0.2) is 0 Å². The van der Waals surface area contributed by atoms with Crippen LogP contribution in [0.2, 0.25) is 0 Å². The fourth-order valence-corrected chi connectivity index (χ4v) is 1.74. The van der Waals surface area contributed by atoms with Crippen molar-refractivity contribution in [3.8, 4) is 0 Å². The molecule has 1 fully saturated rings. The molecule has 0 aromatic rings. The van der Waals surface area contributed by atoms with E-state index in [1.807, 2.05) is 6.92 Å². The standard InChI is InChI=1S/C9H19NO2/c1-2-9(12)6-10-5-3-4-8(10)7-11/h8-9,11-12H,2-7H2,1H3/t8-,9?/m0/s1. The fourth-order valence-electron chi connectivity index (χ4n) is 1.74. The molecule has 1 aliphatic heterocycles. The predicted octanol–water partition coefficient (Wildman–Crippen LogP) is 0.214. The summed E-state index contributed by atoms with van der Waals surface area (Å²) in [5.74, 6) is 0. The van der Waals surface area contributed by atoms with Crippen LogP contribution in [-0.4, -0.2) is 47.0 Å². The molecule has 0 aliphatic carbocycles. The monoisotopic (exact) mass is 173 g/mol. The van der Waals surface area contributed by atoms with Gasteiger partial charge in [0, 0.05) is 12.6 Å². The van der Waals surface area contributed by atoms with Gasteiger partial charge in [-0.1, -0.05) is 6.92 Å². The zero-order valence-electron chi connectivity index (χ0n) is 7.74. The summed E-state index contributed by atoms with van der Waals surface area (Å²) in [6, 6.07) is 0.297. The third kappa shape index (κ3) is 2.44. The van der Waals surface area contributed by atoms with Gasteiger partial charge >= 0.3 is 0 Å². The number of hydrogen-bond donors (Lipinski definition) is 2. The zero-order chi connectivity index (χ0) is 8.97. The Bertz CT molecular complexity index is 130. The lowest BCUT2D eigenvalue weighted by molar-refractivity contribution is 0.0830. The lowest BCUT2D eigenvalue weighted by Gasteiger charge is -2.24. The van der Waals surface area contributed by atoms with Crippen LogP contribution in [0.5, 0.6) is 0 Å². The van der Waals surface area contributed by atoms with E-state index in [9.17, 15) is 5.11 Å². The molecule has 0 aromatic heterocycles. The molecule has 2 N–H and O–H groups in total. The highest BCUT2D eigenvalue weighted by molar-refractivity contribution is 4.79. The average Bonchev–Trinajstić information content (AvgIpc) is 2.51. The van der Waals surface area contributed by atoms with Crippen molar-refractivity contribution in [2.75, 3.05) is 19.7 Å². The van der Waals surface area contributed by atoms with Crippen LogP contribution >= 0.6 is 0 Å². The van der Waals surface area contributed by atoms with Gasteiger partial charge in [0.25, 0.3) is 0 Å². The summed E-state index contributed by atoms with van der Waals surface area (Å²) in [4.78, 5) is 2.19. The van der Waals surface area contributed by atoms with Crippen LogP contribution in [-0.2, 0) is 0 Å². The number of likely N-dealkylation sites (tertiary alicyclic amines) is 1. The van der Waals surface area contributed by atoms with Crippen LogP contribution in [0.3, 0.4) is 0 Å². The van der Waals surface area contributed by atoms with E-state index in [4.69, 9.17) is 5.11 Å². The molecule has 1 unspecified atom stereocenters. The van der Waals surface area contributed by atoms with E-state index in [1.165, 1.54) is 0 Å². The minimum atomic E-state index is -0.225. The maximum absolute atomic E-state index is 9.41. The average molecular weight is 173 g/mol. The van der Waals surface area contributed by atoms with E-state index in [2.05, 4.69) is 4.90 Å². The van der Waals surface area contributed by atoms with Gasteiger partial charge in [-0.2, -0.15) is 0 Å². The van der Waals surface area contributed by atoms with Crippen LogP contribution in [0.4, 0.5) is 0 Å². The molecule has 1 saturated heterocycles. The molecule has 0 aromatic carbocycles. The number of aliphatic hydroxyl groups excluding tert-OH is 2. The molecular formula is C9H19NO2. The molecule has 72 valence electrons. The van der Waals surface area contributed by atoms with Gasteiger partial charge < -0.3 is 10.2 Å². The summed E-state index contributed by atoms with van der Waals surface area (Å²) in [6.45, 7) is 3.97. The molecule has 3 heteroatoms. The number of aliphatic hydroxyl groups is 2. The van der Waals surface area contributed by atoms with E-state index in [-0.39, 0.29) is 12.7 Å². The van der Waals surface area contributed by atoms with Gasteiger partial charge in [-0.25, -0.2) is 0 Å². The van der Waals surface area contributed by atoms with Gasteiger partial charge in [-0.15, -0.1) is 0 Å². The van der Waals surface area contributed by atoms with E-state index in [1.54, 1.807) is 0 Å². The van der Waals surface area contributed by atoms with E-state index in [0.29, 0.717) is 6.04 Å². The lowest BCUT2D eigenvalue weighted by atomic mass is 10.2. The van der Waals surface area contributed by atoms with Crippen molar-refractivity contribution < 1.29 is 10.2 Å². The molecule has 1 aliphatic rings. The first kappa shape index (κ1) is 9.96. The van der Waals surface area contributed by atoms with Gasteiger partial charge in [0.05, 0.1) is 12.7 Å².